The Hall–Kier alpha value is -2.36. The van der Waals surface area contributed by atoms with Gasteiger partial charge in [-0.1, -0.05) is 35.5 Å². The normalized spacial score (nSPS) is 13.8. The first-order valence-electron chi connectivity index (χ1n) is 9.09. The van der Waals surface area contributed by atoms with Gasteiger partial charge >= 0.3 is 0 Å². The average Bonchev–Trinajstić information content (AvgIpc) is 3.29. The van der Waals surface area contributed by atoms with E-state index in [0.29, 0.717) is 34.1 Å². The smallest absolute Gasteiger partial charge is 0.258 e. The zero-order valence-electron chi connectivity index (χ0n) is 15.2. The van der Waals surface area contributed by atoms with E-state index in [9.17, 15) is 4.79 Å². The lowest BCUT2D eigenvalue weighted by molar-refractivity contribution is 0.288. The van der Waals surface area contributed by atoms with E-state index in [1.54, 1.807) is 22.7 Å². The van der Waals surface area contributed by atoms with Gasteiger partial charge in [-0.2, -0.15) is 0 Å². The molecule has 1 aliphatic rings. The van der Waals surface area contributed by atoms with Gasteiger partial charge in [-0.25, -0.2) is 4.98 Å². The summed E-state index contributed by atoms with van der Waals surface area (Å²) in [6.07, 6.45) is 3.94. The van der Waals surface area contributed by atoms with Gasteiger partial charge < -0.3 is 4.74 Å². The average molecular weight is 446 g/mol. The van der Waals surface area contributed by atoms with E-state index < -0.39 is 0 Å². The summed E-state index contributed by atoms with van der Waals surface area (Å²) in [5.41, 5.74) is 0.672. The standard InChI is InChI=1S/C19H16ClN5O2S2/c20-14-3-1-2-4-15(14)27-10-16-22-23-19(25(16)13-5-6-13)29-11-12-9-17(26)24-7-8-28-18(24)21-12/h1-4,7-9,13H,5-6,10-11H2. The summed E-state index contributed by atoms with van der Waals surface area (Å²) in [6.45, 7) is 0.300. The molecule has 0 saturated heterocycles. The van der Waals surface area contributed by atoms with Crippen LogP contribution in [-0.2, 0) is 12.4 Å². The number of fused-ring (bicyclic) bond motifs is 1. The van der Waals surface area contributed by atoms with Gasteiger partial charge in [0.2, 0.25) is 0 Å². The summed E-state index contributed by atoms with van der Waals surface area (Å²) in [7, 11) is 0. The minimum Gasteiger partial charge on any atom is -0.484 e. The Morgan fingerprint density at radius 2 is 2.14 bits per heavy atom. The Morgan fingerprint density at radius 1 is 1.28 bits per heavy atom. The van der Waals surface area contributed by atoms with E-state index in [1.165, 1.54) is 23.1 Å². The zero-order valence-corrected chi connectivity index (χ0v) is 17.6. The maximum Gasteiger partial charge on any atom is 0.258 e. The van der Waals surface area contributed by atoms with Gasteiger partial charge in [-0.15, -0.1) is 21.5 Å². The van der Waals surface area contributed by atoms with Crippen molar-refractivity contribution in [1.29, 1.82) is 0 Å². The molecule has 3 aromatic heterocycles. The Bertz CT molecular complexity index is 1230. The minimum absolute atomic E-state index is 0.0654. The SMILES string of the molecule is O=c1cc(CSc2nnc(COc3ccccc3Cl)n2C2CC2)nc2sccn12. The molecule has 7 nitrogen and oxygen atoms in total. The van der Waals surface area contributed by atoms with Crippen molar-refractivity contribution < 1.29 is 4.74 Å². The summed E-state index contributed by atoms with van der Waals surface area (Å²) in [4.78, 5) is 17.4. The third kappa shape index (κ3) is 3.90. The Kier molecular flexibility index (Phi) is 5.03. The molecule has 1 aliphatic carbocycles. The molecule has 4 aromatic rings. The van der Waals surface area contributed by atoms with Crippen LogP contribution in [0.15, 0.2) is 51.9 Å². The second kappa shape index (κ2) is 7.81. The van der Waals surface area contributed by atoms with Crippen LogP contribution in [0.25, 0.3) is 4.96 Å². The van der Waals surface area contributed by atoms with Crippen LogP contribution in [0.1, 0.15) is 30.4 Å². The van der Waals surface area contributed by atoms with Crippen molar-refractivity contribution in [2.45, 2.75) is 36.4 Å². The van der Waals surface area contributed by atoms with Crippen LogP contribution >= 0.6 is 34.7 Å². The topological polar surface area (TPSA) is 74.3 Å². The molecule has 0 atom stereocenters. The van der Waals surface area contributed by atoms with E-state index in [1.807, 2.05) is 23.6 Å². The fourth-order valence-electron chi connectivity index (χ4n) is 3.01. The molecule has 0 amide bonds. The molecule has 1 saturated carbocycles. The third-order valence-electron chi connectivity index (χ3n) is 4.55. The second-order valence-corrected chi connectivity index (χ2v) is 8.87. The van der Waals surface area contributed by atoms with Crippen molar-refractivity contribution in [2.75, 3.05) is 0 Å². The number of para-hydroxylation sites is 1. The highest BCUT2D eigenvalue weighted by molar-refractivity contribution is 7.98. The van der Waals surface area contributed by atoms with Gasteiger partial charge in [-0.05, 0) is 25.0 Å². The van der Waals surface area contributed by atoms with Crippen LogP contribution < -0.4 is 10.3 Å². The fraction of sp³-hybridized carbons (Fsp3) is 0.263. The van der Waals surface area contributed by atoms with Crippen LogP contribution in [0.4, 0.5) is 0 Å². The van der Waals surface area contributed by atoms with Crippen molar-refractivity contribution in [3.63, 3.8) is 0 Å². The summed E-state index contributed by atoms with van der Waals surface area (Å²) < 4.78 is 9.54. The maximum atomic E-state index is 12.2. The van der Waals surface area contributed by atoms with Gasteiger partial charge in [-0.3, -0.25) is 13.8 Å². The first-order chi connectivity index (χ1) is 14.2. The second-order valence-electron chi connectivity index (χ2n) is 6.65. The molecular formula is C19H16ClN5O2S2. The Morgan fingerprint density at radius 3 is 2.97 bits per heavy atom. The highest BCUT2D eigenvalue weighted by atomic mass is 35.5. The van der Waals surface area contributed by atoms with Gasteiger partial charge in [0.25, 0.3) is 5.56 Å². The van der Waals surface area contributed by atoms with Gasteiger partial charge in [0.15, 0.2) is 15.9 Å². The number of thiazole rings is 1. The molecule has 0 radical (unpaired) electrons. The monoisotopic (exact) mass is 445 g/mol. The fourth-order valence-corrected chi connectivity index (χ4v) is 4.85. The number of hydrogen-bond donors (Lipinski definition) is 0. The molecule has 148 valence electrons. The van der Waals surface area contributed by atoms with Gasteiger partial charge in [0, 0.05) is 29.4 Å². The van der Waals surface area contributed by atoms with Crippen molar-refractivity contribution in [2.24, 2.45) is 0 Å². The van der Waals surface area contributed by atoms with E-state index in [-0.39, 0.29) is 5.56 Å². The zero-order chi connectivity index (χ0) is 19.8. The van der Waals surface area contributed by atoms with Crippen LogP contribution in [0, 0.1) is 0 Å². The van der Waals surface area contributed by atoms with E-state index in [2.05, 4.69) is 19.7 Å². The van der Waals surface area contributed by atoms with Crippen molar-refractivity contribution in [3.05, 3.63) is 68.8 Å². The van der Waals surface area contributed by atoms with Gasteiger partial charge in [0.05, 0.1) is 10.7 Å². The molecule has 29 heavy (non-hydrogen) atoms. The molecule has 0 N–H and O–H groups in total. The molecular weight excluding hydrogens is 430 g/mol. The number of hydrogen-bond acceptors (Lipinski definition) is 7. The summed E-state index contributed by atoms with van der Waals surface area (Å²) in [5.74, 6) is 1.96. The van der Waals surface area contributed by atoms with E-state index in [0.717, 1.165) is 29.5 Å². The Labute approximate surface area is 179 Å². The van der Waals surface area contributed by atoms with Crippen LogP contribution in [0.5, 0.6) is 5.75 Å². The number of rotatable bonds is 7. The molecule has 0 unspecified atom stereocenters. The first kappa shape index (κ1) is 18.7. The molecule has 0 spiro atoms. The van der Waals surface area contributed by atoms with Crippen molar-refractivity contribution in [3.8, 4) is 5.75 Å². The molecule has 0 bridgehead atoms. The molecule has 1 fully saturated rings. The number of halogens is 1. The highest BCUT2D eigenvalue weighted by Crippen LogP contribution is 2.39. The van der Waals surface area contributed by atoms with Crippen LogP contribution in [0.2, 0.25) is 5.02 Å². The first-order valence-corrected chi connectivity index (χ1v) is 11.3. The lowest BCUT2D eigenvalue weighted by Gasteiger charge is -2.10. The summed E-state index contributed by atoms with van der Waals surface area (Å²) >= 11 is 9.15. The van der Waals surface area contributed by atoms with E-state index >= 15 is 0 Å². The quantitative estimate of drug-likeness (QED) is 0.397. The minimum atomic E-state index is -0.0654. The van der Waals surface area contributed by atoms with Crippen molar-refractivity contribution in [1.82, 2.24) is 24.1 Å². The number of aromatic nitrogens is 5. The molecule has 5 rings (SSSR count). The summed E-state index contributed by atoms with van der Waals surface area (Å²) in [5, 5.41) is 11.9. The number of thioether (sulfide) groups is 1. The predicted molar refractivity (Wildman–Crippen MR) is 113 cm³/mol. The predicted octanol–water partition coefficient (Wildman–Crippen LogP) is 4.21. The largest absolute Gasteiger partial charge is 0.484 e. The van der Waals surface area contributed by atoms with E-state index in [4.69, 9.17) is 16.3 Å². The number of ether oxygens (including phenoxy) is 1. The highest BCUT2D eigenvalue weighted by Gasteiger charge is 2.30. The molecule has 10 heteroatoms. The van der Waals surface area contributed by atoms with Crippen molar-refractivity contribution >= 4 is 39.7 Å². The van der Waals surface area contributed by atoms with Crippen LogP contribution in [-0.4, -0.2) is 24.1 Å². The summed E-state index contributed by atoms with van der Waals surface area (Å²) in [6, 6.07) is 9.35. The Balaban J connectivity index is 1.34. The van der Waals surface area contributed by atoms with Crippen LogP contribution in [0.3, 0.4) is 0 Å². The third-order valence-corrected chi connectivity index (χ3v) is 6.59. The number of benzene rings is 1. The lowest BCUT2D eigenvalue weighted by Crippen LogP contribution is -2.12. The van der Waals surface area contributed by atoms with Gasteiger partial charge in [0.1, 0.15) is 12.4 Å². The maximum absolute atomic E-state index is 12.2. The molecule has 3 heterocycles. The molecule has 0 aliphatic heterocycles. The molecule has 1 aromatic carbocycles. The number of nitrogens with zero attached hydrogens (tertiary/aromatic N) is 5. The lowest BCUT2D eigenvalue weighted by atomic mass is 10.3.